The number of nitrogens with one attached hydrogen (secondary N) is 2. The highest BCUT2D eigenvalue weighted by atomic mass is 32.2. The van der Waals surface area contributed by atoms with E-state index in [1.54, 1.807) is 37.3 Å². The van der Waals surface area contributed by atoms with Gasteiger partial charge in [-0.1, -0.05) is 23.5 Å². The van der Waals surface area contributed by atoms with Gasteiger partial charge in [-0.2, -0.15) is 0 Å². The van der Waals surface area contributed by atoms with Gasteiger partial charge in [-0.3, -0.25) is 9.52 Å². The number of rotatable bonds is 8. The third kappa shape index (κ3) is 4.89. The molecule has 8 nitrogen and oxygen atoms in total. The Bertz CT molecular complexity index is 1140. The third-order valence-electron chi connectivity index (χ3n) is 4.03. The van der Waals surface area contributed by atoms with Crippen LogP contribution < -0.4 is 19.5 Å². The quantitative estimate of drug-likeness (QED) is 0.542. The molecular formula is C20H21N3O5S2. The Morgan fingerprint density at radius 1 is 1.13 bits per heavy atom. The van der Waals surface area contributed by atoms with Gasteiger partial charge in [-0.05, 0) is 50.2 Å². The lowest BCUT2D eigenvalue weighted by Crippen LogP contribution is -2.13. The molecule has 158 valence electrons. The summed E-state index contributed by atoms with van der Waals surface area (Å²) < 4.78 is 38.2. The highest BCUT2D eigenvalue weighted by Crippen LogP contribution is 2.29. The van der Waals surface area contributed by atoms with Crippen LogP contribution in [0.1, 0.15) is 22.3 Å². The van der Waals surface area contributed by atoms with Crippen molar-refractivity contribution < 1.29 is 22.7 Å². The molecule has 0 unspecified atom stereocenters. The number of ether oxygens (including phenoxy) is 2. The van der Waals surface area contributed by atoms with Gasteiger partial charge in [0.15, 0.2) is 5.13 Å². The lowest BCUT2D eigenvalue weighted by molar-refractivity contribution is 0.102. The summed E-state index contributed by atoms with van der Waals surface area (Å²) in [6.45, 7) is 3.96. The third-order valence-corrected chi connectivity index (χ3v) is 6.59. The van der Waals surface area contributed by atoms with Crippen LogP contribution in [-0.4, -0.2) is 33.0 Å². The molecule has 1 amide bonds. The molecule has 3 aromatic rings. The van der Waals surface area contributed by atoms with Gasteiger partial charge >= 0.3 is 0 Å². The average Bonchev–Trinajstić information content (AvgIpc) is 3.09. The van der Waals surface area contributed by atoms with Gasteiger partial charge < -0.3 is 14.8 Å². The minimum absolute atomic E-state index is 0.0628. The fourth-order valence-corrected chi connectivity index (χ4v) is 4.71. The number of aromatic nitrogens is 1. The number of benzene rings is 2. The Kier molecular flexibility index (Phi) is 6.58. The highest BCUT2D eigenvalue weighted by molar-refractivity contribution is 7.93. The predicted octanol–water partition coefficient (Wildman–Crippen LogP) is 3.91. The molecule has 0 aliphatic heterocycles. The van der Waals surface area contributed by atoms with Crippen molar-refractivity contribution in [2.24, 2.45) is 0 Å². The summed E-state index contributed by atoms with van der Waals surface area (Å²) in [4.78, 5) is 17.3. The number of methoxy groups -OCH3 is 1. The minimum atomic E-state index is -3.85. The molecule has 2 N–H and O–H groups in total. The van der Waals surface area contributed by atoms with Crippen LogP contribution in [-0.2, 0) is 10.0 Å². The number of hydrogen-bond acceptors (Lipinski definition) is 7. The van der Waals surface area contributed by atoms with E-state index < -0.39 is 15.9 Å². The number of thiazole rings is 1. The lowest BCUT2D eigenvalue weighted by Gasteiger charge is -2.10. The van der Waals surface area contributed by atoms with Gasteiger partial charge in [0.05, 0.1) is 30.0 Å². The van der Waals surface area contributed by atoms with E-state index in [4.69, 9.17) is 9.47 Å². The van der Waals surface area contributed by atoms with Crippen molar-refractivity contribution in [3.63, 3.8) is 0 Å². The van der Waals surface area contributed by atoms with E-state index >= 15 is 0 Å². The number of amides is 1. The van der Waals surface area contributed by atoms with Crippen molar-refractivity contribution in [1.82, 2.24) is 4.98 Å². The molecule has 0 saturated heterocycles. The topological polar surface area (TPSA) is 107 Å². The van der Waals surface area contributed by atoms with Gasteiger partial charge in [0.1, 0.15) is 16.4 Å². The standard InChI is InChI=1S/C20H21N3O5S2/c1-4-28-17-8-6-5-7-16(17)22-19(24)18-13(2)21-20(29-18)23-30(25,26)15-11-9-14(27-3)10-12-15/h5-12H,4H2,1-3H3,(H,21,23)(H,22,24). The largest absolute Gasteiger partial charge is 0.497 e. The number of aryl methyl sites for hydroxylation is 1. The van der Waals surface area contributed by atoms with Gasteiger partial charge in [-0.25, -0.2) is 13.4 Å². The molecule has 1 heterocycles. The molecule has 1 aromatic heterocycles. The monoisotopic (exact) mass is 447 g/mol. The zero-order valence-corrected chi connectivity index (χ0v) is 18.3. The second kappa shape index (κ2) is 9.14. The first-order chi connectivity index (χ1) is 14.3. The molecular weight excluding hydrogens is 426 g/mol. The average molecular weight is 448 g/mol. The molecule has 2 aromatic carbocycles. The molecule has 0 radical (unpaired) electrons. The second-order valence-corrected chi connectivity index (χ2v) is 8.78. The molecule has 0 aliphatic rings. The van der Waals surface area contributed by atoms with Crippen LogP contribution in [0.3, 0.4) is 0 Å². The zero-order chi connectivity index (χ0) is 21.7. The van der Waals surface area contributed by atoms with Crippen molar-refractivity contribution in [2.45, 2.75) is 18.7 Å². The summed E-state index contributed by atoms with van der Waals surface area (Å²) in [6.07, 6.45) is 0. The van der Waals surface area contributed by atoms with Crippen molar-refractivity contribution in [2.75, 3.05) is 23.8 Å². The number of carbonyl (C=O) groups excluding carboxylic acids is 1. The van der Waals surface area contributed by atoms with E-state index in [0.29, 0.717) is 34.4 Å². The molecule has 30 heavy (non-hydrogen) atoms. The van der Waals surface area contributed by atoms with Crippen LogP contribution in [0.4, 0.5) is 10.8 Å². The van der Waals surface area contributed by atoms with Crippen molar-refractivity contribution in [1.29, 1.82) is 0 Å². The van der Waals surface area contributed by atoms with Gasteiger partial charge in [0.2, 0.25) is 0 Å². The highest BCUT2D eigenvalue weighted by Gasteiger charge is 2.21. The van der Waals surface area contributed by atoms with Crippen LogP contribution in [0.25, 0.3) is 0 Å². The number of carbonyl (C=O) groups is 1. The van der Waals surface area contributed by atoms with E-state index in [9.17, 15) is 13.2 Å². The molecule has 0 fully saturated rings. The van der Waals surface area contributed by atoms with E-state index in [2.05, 4.69) is 15.0 Å². The predicted molar refractivity (Wildman–Crippen MR) is 116 cm³/mol. The summed E-state index contributed by atoms with van der Waals surface area (Å²) in [5, 5.41) is 2.89. The van der Waals surface area contributed by atoms with Gasteiger partial charge in [0.25, 0.3) is 15.9 Å². The second-order valence-electron chi connectivity index (χ2n) is 6.10. The van der Waals surface area contributed by atoms with Crippen LogP contribution >= 0.6 is 11.3 Å². The van der Waals surface area contributed by atoms with Crippen molar-refractivity contribution in [3.8, 4) is 11.5 Å². The van der Waals surface area contributed by atoms with Crippen LogP contribution in [0.15, 0.2) is 53.4 Å². The summed E-state index contributed by atoms with van der Waals surface area (Å²) in [7, 11) is -2.35. The Morgan fingerprint density at radius 2 is 1.83 bits per heavy atom. The molecule has 10 heteroatoms. The summed E-state index contributed by atoms with van der Waals surface area (Å²) >= 11 is 0.956. The Balaban J connectivity index is 1.78. The molecule has 0 aliphatic carbocycles. The molecule has 0 spiro atoms. The van der Waals surface area contributed by atoms with Crippen molar-refractivity contribution in [3.05, 3.63) is 59.1 Å². The smallest absolute Gasteiger partial charge is 0.267 e. The maximum absolute atomic E-state index is 12.7. The first-order valence-corrected chi connectivity index (χ1v) is 11.3. The van der Waals surface area contributed by atoms with E-state index in [0.717, 1.165) is 11.3 Å². The fraction of sp³-hybridized carbons (Fsp3) is 0.200. The minimum Gasteiger partial charge on any atom is -0.497 e. The van der Waals surface area contributed by atoms with Crippen LogP contribution in [0.5, 0.6) is 11.5 Å². The maximum Gasteiger partial charge on any atom is 0.267 e. The maximum atomic E-state index is 12.7. The van der Waals surface area contributed by atoms with Gasteiger partial charge in [-0.15, -0.1) is 0 Å². The van der Waals surface area contributed by atoms with Crippen molar-refractivity contribution >= 4 is 38.1 Å². The van der Waals surface area contributed by atoms with E-state index in [1.165, 1.54) is 19.2 Å². The Morgan fingerprint density at radius 3 is 2.50 bits per heavy atom. The molecule has 0 saturated carbocycles. The molecule has 3 rings (SSSR count). The summed E-state index contributed by atoms with van der Waals surface area (Å²) in [6, 6.07) is 13.0. The zero-order valence-electron chi connectivity index (χ0n) is 16.6. The van der Waals surface area contributed by atoms with Crippen LogP contribution in [0.2, 0.25) is 0 Å². The fourth-order valence-electron chi connectivity index (χ4n) is 2.61. The van der Waals surface area contributed by atoms with E-state index in [-0.39, 0.29) is 10.0 Å². The lowest BCUT2D eigenvalue weighted by atomic mass is 10.2. The van der Waals surface area contributed by atoms with Gasteiger partial charge in [0, 0.05) is 0 Å². The summed E-state index contributed by atoms with van der Waals surface area (Å²) in [5.74, 6) is 0.702. The summed E-state index contributed by atoms with van der Waals surface area (Å²) in [5.41, 5.74) is 0.941. The van der Waals surface area contributed by atoms with E-state index in [1.807, 2.05) is 13.0 Å². The molecule has 0 atom stereocenters. The first kappa shape index (κ1) is 21.6. The number of nitrogens with zero attached hydrogens (tertiary/aromatic N) is 1. The normalized spacial score (nSPS) is 11.0. The number of hydrogen-bond donors (Lipinski definition) is 2. The first-order valence-electron chi connectivity index (χ1n) is 9.01. The number of sulfonamides is 1. The number of para-hydroxylation sites is 2. The SMILES string of the molecule is CCOc1ccccc1NC(=O)c1sc(NS(=O)(=O)c2ccc(OC)cc2)nc1C. The Labute approximate surface area is 178 Å². The molecule has 0 bridgehead atoms. The van der Waals surface area contributed by atoms with Crippen LogP contribution in [0, 0.1) is 6.92 Å². The number of anilines is 2. The Hall–Kier alpha value is -3.11.